The topological polar surface area (TPSA) is 143 Å². The number of rotatable bonds is 39. The van der Waals surface area contributed by atoms with E-state index in [1.807, 2.05) is 0 Å². The average Bonchev–Trinajstić information content (AvgIpc) is 3.09. The van der Waals surface area contributed by atoms with E-state index in [4.69, 9.17) is 14.2 Å². The Bertz CT molecular complexity index is 804. The minimum atomic E-state index is -4.85. The molecule has 0 bridgehead atoms. The summed E-state index contributed by atoms with van der Waals surface area (Å²) in [5.74, 6) is -2.22. The van der Waals surface area contributed by atoms with Gasteiger partial charge >= 0.3 is 13.6 Å². The van der Waals surface area contributed by atoms with Gasteiger partial charge in [0.25, 0.3) is 0 Å². The number of hydrogen-bond donors (Lipinski definition) is 4. The van der Waals surface area contributed by atoms with E-state index in [9.17, 15) is 29.4 Å². The molecule has 298 valence electrons. The Morgan fingerprint density at radius 1 is 0.600 bits per heavy atom. The Hall–Kier alpha value is -0.800. The summed E-state index contributed by atoms with van der Waals surface area (Å²) in [6.07, 6.45) is 35.3. The number of unbranched alkanes of at least 4 members (excludes halogenated alkanes) is 24. The molecule has 10 heteroatoms. The van der Waals surface area contributed by atoms with E-state index < -0.39 is 32.3 Å². The van der Waals surface area contributed by atoms with Crippen molar-refractivity contribution in [3.8, 4) is 0 Å². The van der Waals surface area contributed by atoms with E-state index in [1.165, 1.54) is 122 Å². The summed E-state index contributed by atoms with van der Waals surface area (Å²) in [7, 11) is -4.85. The molecule has 0 heterocycles. The van der Waals surface area contributed by atoms with Gasteiger partial charge in [-0.15, -0.1) is 0 Å². The predicted molar refractivity (Wildman–Crippen MR) is 205 cm³/mol. The molecule has 0 rings (SSSR count). The first-order valence-electron chi connectivity index (χ1n) is 20.6. The largest absolute Gasteiger partial charge is 0.463 e. The summed E-state index contributed by atoms with van der Waals surface area (Å²) >= 11 is 0. The summed E-state index contributed by atoms with van der Waals surface area (Å²) < 4.78 is 28.5. The highest BCUT2D eigenvalue weighted by Gasteiger charge is 2.37. The highest BCUT2D eigenvalue weighted by molar-refractivity contribution is 7.52. The van der Waals surface area contributed by atoms with Crippen LogP contribution in [0.25, 0.3) is 0 Å². The van der Waals surface area contributed by atoms with Gasteiger partial charge in [-0.3, -0.25) is 9.36 Å². The van der Waals surface area contributed by atoms with Gasteiger partial charge in [0.15, 0.2) is 5.85 Å². The first-order chi connectivity index (χ1) is 24.3. The number of ether oxygens (including phenoxy) is 3. The third-order valence-corrected chi connectivity index (χ3v) is 10.4. The zero-order valence-electron chi connectivity index (χ0n) is 32.3. The third kappa shape index (κ3) is 33.1. The highest BCUT2D eigenvalue weighted by Crippen LogP contribution is 2.43. The van der Waals surface area contributed by atoms with Gasteiger partial charge in [-0.1, -0.05) is 161 Å². The molecule has 0 saturated carbocycles. The normalized spacial score (nSPS) is 14.0. The Balaban J connectivity index is 4.25. The number of carbonyl (C=O) groups excluding carboxylic acids is 1. The first-order valence-corrected chi connectivity index (χ1v) is 22.3. The number of carbonyl (C=O) groups is 1. The Kier molecular flexibility index (Phi) is 36.0. The molecule has 0 aromatic rings. The summed E-state index contributed by atoms with van der Waals surface area (Å²) in [6, 6.07) is 0. The molecule has 0 aliphatic rings. The average molecular weight is 735 g/mol. The number of allylic oxidation sites excluding steroid dienone is 2. The van der Waals surface area contributed by atoms with Crippen molar-refractivity contribution in [1.29, 1.82) is 0 Å². The lowest BCUT2D eigenvalue weighted by atomic mass is 10.0. The maximum atomic E-state index is 12.4. The molecule has 4 N–H and O–H groups in total. The third-order valence-electron chi connectivity index (χ3n) is 9.22. The summed E-state index contributed by atoms with van der Waals surface area (Å²) in [5, 5.41) is 19.1. The second-order valence-electron chi connectivity index (χ2n) is 14.2. The van der Waals surface area contributed by atoms with Crippen molar-refractivity contribution < 1.29 is 43.6 Å². The summed E-state index contributed by atoms with van der Waals surface area (Å²) in [4.78, 5) is 31.6. The molecule has 0 aromatic carbocycles. The van der Waals surface area contributed by atoms with E-state index >= 15 is 0 Å². The summed E-state index contributed by atoms with van der Waals surface area (Å²) in [5.41, 5.74) is 0. The molecular formula is C40H79O9P. The minimum Gasteiger partial charge on any atom is -0.463 e. The van der Waals surface area contributed by atoms with Gasteiger partial charge in [0.2, 0.25) is 0 Å². The molecule has 0 amide bonds. The van der Waals surface area contributed by atoms with Crippen molar-refractivity contribution in [3.63, 3.8) is 0 Å². The zero-order valence-corrected chi connectivity index (χ0v) is 33.2. The van der Waals surface area contributed by atoms with E-state index in [2.05, 4.69) is 26.0 Å². The fraction of sp³-hybridized carbons (Fsp3) is 0.925. The van der Waals surface area contributed by atoms with Gasteiger partial charge in [-0.2, -0.15) is 0 Å². The molecule has 0 saturated heterocycles. The van der Waals surface area contributed by atoms with Crippen molar-refractivity contribution in [2.24, 2.45) is 0 Å². The fourth-order valence-corrected chi connectivity index (χ4v) is 6.84. The van der Waals surface area contributed by atoms with Gasteiger partial charge in [0.1, 0.15) is 18.8 Å². The monoisotopic (exact) mass is 735 g/mol. The van der Waals surface area contributed by atoms with Crippen LogP contribution in [0, 0.1) is 0 Å². The molecule has 0 radical (unpaired) electrons. The zero-order chi connectivity index (χ0) is 37.0. The molecule has 9 nitrogen and oxygen atoms in total. The second-order valence-corrected chi connectivity index (χ2v) is 15.9. The molecule has 0 aromatic heterocycles. The molecule has 0 aliphatic heterocycles. The van der Waals surface area contributed by atoms with Crippen LogP contribution >= 0.6 is 7.60 Å². The lowest BCUT2D eigenvalue weighted by Crippen LogP contribution is -2.36. The van der Waals surface area contributed by atoms with Crippen LogP contribution in [0.2, 0.25) is 0 Å². The van der Waals surface area contributed by atoms with Crippen LogP contribution in [0.3, 0.4) is 0 Å². The van der Waals surface area contributed by atoms with Gasteiger partial charge in [-0.05, 0) is 38.5 Å². The number of aliphatic hydroxyl groups is 2. The highest BCUT2D eigenvalue weighted by atomic mass is 31.2. The SMILES string of the molecule is CCCCCCCC/C=C\CCCCCCCCO[C@H](COC(=O)CCCCCCCCCCCCCCC)COC(C(O)CO)P(=O)(O)O. The molecule has 50 heavy (non-hydrogen) atoms. The standard InChI is InChI=1S/C40H79O9P/c1-3-5-7-9-11-13-15-17-18-19-21-23-25-27-29-31-33-47-37(36-49-40(38(42)34-41)50(44,45)46)35-48-39(43)32-30-28-26-24-22-20-16-14-12-10-8-6-4-2/h17-18,37-38,40-42H,3-16,19-36H2,1-2H3,(H2,44,45,46)/b18-17-/t37-,38?,40?/m1/s1. The van der Waals surface area contributed by atoms with Crippen molar-refractivity contribution in [3.05, 3.63) is 12.2 Å². The van der Waals surface area contributed by atoms with E-state index in [-0.39, 0.29) is 19.2 Å². The van der Waals surface area contributed by atoms with Crippen LogP contribution in [0.15, 0.2) is 12.2 Å². The minimum absolute atomic E-state index is 0.104. The quantitative estimate of drug-likeness (QED) is 0.0210. The van der Waals surface area contributed by atoms with Crippen LogP contribution in [-0.4, -0.2) is 70.4 Å². The molecule has 0 fully saturated rings. The maximum Gasteiger partial charge on any atom is 0.356 e. The smallest absolute Gasteiger partial charge is 0.356 e. The van der Waals surface area contributed by atoms with Crippen LogP contribution < -0.4 is 0 Å². The first kappa shape index (κ1) is 49.2. The number of aliphatic hydroxyl groups excluding tert-OH is 2. The van der Waals surface area contributed by atoms with Gasteiger partial charge in [0.05, 0.1) is 13.2 Å². The molecule has 0 spiro atoms. The lowest BCUT2D eigenvalue weighted by Gasteiger charge is -2.25. The maximum absolute atomic E-state index is 12.4. The van der Waals surface area contributed by atoms with Crippen LogP contribution in [-0.2, 0) is 23.6 Å². The van der Waals surface area contributed by atoms with Gasteiger partial charge in [-0.25, -0.2) is 0 Å². The van der Waals surface area contributed by atoms with Crippen LogP contribution in [0.1, 0.15) is 194 Å². The van der Waals surface area contributed by atoms with Crippen molar-refractivity contribution in [1.82, 2.24) is 0 Å². The Morgan fingerprint density at radius 3 is 1.46 bits per heavy atom. The molecule has 2 unspecified atom stereocenters. The fourth-order valence-electron chi connectivity index (χ4n) is 6.02. The number of esters is 1. The van der Waals surface area contributed by atoms with E-state index in [0.29, 0.717) is 13.0 Å². The van der Waals surface area contributed by atoms with Gasteiger partial charge in [0, 0.05) is 13.0 Å². The van der Waals surface area contributed by atoms with Crippen molar-refractivity contribution in [2.45, 2.75) is 212 Å². The van der Waals surface area contributed by atoms with Crippen molar-refractivity contribution >= 4 is 13.6 Å². The Labute approximate surface area is 306 Å². The van der Waals surface area contributed by atoms with E-state index in [1.54, 1.807) is 0 Å². The lowest BCUT2D eigenvalue weighted by molar-refractivity contribution is -0.151. The molecular weight excluding hydrogens is 655 g/mol. The Morgan fingerprint density at radius 2 is 1.02 bits per heavy atom. The summed E-state index contributed by atoms with van der Waals surface area (Å²) in [6.45, 7) is 3.65. The number of hydrogen-bond acceptors (Lipinski definition) is 7. The van der Waals surface area contributed by atoms with Gasteiger partial charge < -0.3 is 34.2 Å². The van der Waals surface area contributed by atoms with Crippen molar-refractivity contribution in [2.75, 3.05) is 26.4 Å². The van der Waals surface area contributed by atoms with Crippen LogP contribution in [0.5, 0.6) is 0 Å². The van der Waals surface area contributed by atoms with E-state index in [0.717, 1.165) is 51.4 Å². The molecule has 3 atom stereocenters. The predicted octanol–water partition coefficient (Wildman–Crippen LogP) is 10.3. The van der Waals surface area contributed by atoms with Crippen LogP contribution in [0.4, 0.5) is 0 Å². The molecule has 0 aliphatic carbocycles. The second kappa shape index (κ2) is 36.6.